The van der Waals surface area contributed by atoms with E-state index >= 15 is 0 Å². The molecule has 0 bridgehead atoms. The van der Waals surface area contributed by atoms with Crippen LogP contribution in [0.5, 0.6) is 0 Å². The van der Waals surface area contributed by atoms with Crippen molar-refractivity contribution in [3.05, 3.63) is 46.7 Å². The van der Waals surface area contributed by atoms with Crippen LogP contribution in [0.25, 0.3) is 11.0 Å². The van der Waals surface area contributed by atoms with E-state index in [0.717, 1.165) is 22.7 Å². The van der Waals surface area contributed by atoms with E-state index in [9.17, 15) is 4.79 Å². The van der Waals surface area contributed by atoms with Crippen LogP contribution in [0.1, 0.15) is 17.8 Å². The number of nitrogens with zero attached hydrogens (tertiary/aromatic N) is 3. The predicted octanol–water partition coefficient (Wildman–Crippen LogP) is 3.63. The van der Waals surface area contributed by atoms with Gasteiger partial charge in [0.05, 0.1) is 22.8 Å². The van der Waals surface area contributed by atoms with Crippen LogP contribution in [0.2, 0.25) is 0 Å². The van der Waals surface area contributed by atoms with E-state index in [2.05, 4.69) is 44.2 Å². The van der Waals surface area contributed by atoms with Crippen molar-refractivity contribution in [2.45, 2.75) is 24.7 Å². The Labute approximate surface area is 162 Å². The largest absolute Gasteiger partial charge is 0.353 e. The summed E-state index contributed by atoms with van der Waals surface area (Å²) in [6.45, 7) is 3.55. The molecular formula is C19H24N4OS2. The van der Waals surface area contributed by atoms with Crippen molar-refractivity contribution in [2.75, 3.05) is 26.4 Å². The third-order valence-electron chi connectivity index (χ3n) is 4.26. The Balaban J connectivity index is 1.59. The van der Waals surface area contributed by atoms with Gasteiger partial charge >= 0.3 is 0 Å². The molecule has 0 unspecified atom stereocenters. The minimum Gasteiger partial charge on any atom is -0.353 e. The number of likely N-dealkylation sites (N-methyl/N-ethyl adjacent to an activating group) is 1. The van der Waals surface area contributed by atoms with Crippen molar-refractivity contribution in [1.82, 2.24) is 19.8 Å². The van der Waals surface area contributed by atoms with Crippen LogP contribution < -0.4 is 5.32 Å². The van der Waals surface area contributed by atoms with Gasteiger partial charge in [0.15, 0.2) is 5.16 Å². The molecule has 26 heavy (non-hydrogen) atoms. The van der Waals surface area contributed by atoms with Crippen molar-refractivity contribution in [1.29, 1.82) is 0 Å². The molecule has 5 nitrogen and oxygen atoms in total. The Bertz CT molecular complexity index is 858. The van der Waals surface area contributed by atoms with Gasteiger partial charge in [-0.1, -0.05) is 30.0 Å². The molecule has 0 spiro atoms. The van der Waals surface area contributed by atoms with E-state index in [1.54, 1.807) is 11.3 Å². The fourth-order valence-electron chi connectivity index (χ4n) is 2.88. The number of carbonyl (C=O) groups is 1. The number of imidazole rings is 1. The number of thioether (sulfide) groups is 1. The zero-order chi connectivity index (χ0) is 18.5. The number of fused-ring (bicyclic) bond motifs is 1. The van der Waals surface area contributed by atoms with Crippen molar-refractivity contribution >= 4 is 40.0 Å². The van der Waals surface area contributed by atoms with Crippen molar-refractivity contribution in [3.8, 4) is 0 Å². The maximum absolute atomic E-state index is 12.3. The highest BCUT2D eigenvalue weighted by Crippen LogP contribution is 2.24. The zero-order valence-corrected chi connectivity index (χ0v) is 16.9. The Kier molecular flexibility index (Phi) is 6.34. The molecule has 138 valence electrons. The molecule has 0 fully saturated rings. The molecule has 0 aliphatic carbocycles. The lowest BCUT2D eigenvalue weighted by Crippen LogP contribution is -2.35. The number of nitrogens with one attached hydrogen (secondary N) is 1. The first-order valence-corrected chi connectivity index (χ1v) is 10.5. The van der Waals surface area contributed by atoms with Crippen molar-refractivity contribution < 1.29 is 4.79 Å². The van der Waals surface area contributed by atoms with E-state index in [0.29, 0.717) is 12.3 Å². The second-order valence-corrected chi connectivity index (χ2v) is 8.14. The van der Waals surface area contributed by atoms with Crippen LogP contribution in [0.3, 0.4) is 0 Å². The van der Waals surface area contributed by atoms with Crippen LogP contribution in [-0.4, -0.2) is 46.8 Å². The van der Waals surface area contributed by atoms with E-state index in [1.807, 2.05) is 38.4 Å². The number of amides is 1. The quantitative estimate of drug-likeness (QED) is 0.599. The van der Waals surface area contributed by atoms with Gasteiger partial charge in [-0.05, 0) is 44.6 Å². The first-order chi connectivity index (χ1) is 12.6. The van der Waals surface area contributed by atoms with Gasteiger partial charge < -0.3 is 14.8 Å². The van der Waals surface area contributed by atoms with Gasteiger partial charge in [0, 0.05) is 18.0 Å². The monoisotopic (exact) mass is 388 g/mol. The molecule has 0 saturated heterocycles. The fraction of sp³-hybridized carbons (Fsp3) is 0.368. The zero-order valence-electron chi connectivity index (χ0n) is 15.3. The molecule has 0 saturated carbocycles. The number of para-hydroxylation sites is 2. The van der Waals surface area contributed by atoms with Gasteiger partial charge in [-0.3, -0.25) is 4.79 Å². The van der Waals surface area contributed by atoms with Crippen LogP contribution in [0, 0.1) is 0 Å². The molecule has 1 amide bonds. The summed E-state index contributed by atoms with van der Waals surface area (Å²) in [4.78, 5) is 20.4. The van der Waals surface area contributed by atoms with Gasteiger partial charge in [0.25, 0.3) is 0 Å². The highest BCUT2D eigenvalue weighted by atomic mass is 32.2. The smallest absolute Gasteiger partial charge is 0.230 e. The molecule has 7 heteroatoms. The summed E-state index contributed by atoms with van der Waals surface area (Å²) in [5.74, 6) is 0.404. The van der Waals surface area contributed by atoms with Crippen LogP contribution in [0.15, 0.2) is 46.9 Å². The normalized spacial score (nSPS) is 12.6. The minimum absolute atomic E-state index is 0.0353. The number of hydrogen-bond donors (Lipinski definition) is 1. The second kappa shape index (κ2) is 8.70. The molecule has 0 aliphatic heterocycles. The topological polar surface area (TPSA) is 50.2 Å². The number of thiophene rings is 1. The molecule has 1 aromatic carbocycles. The lowest BCUT2D eigenvalue weighted by Gasteiger charge is -2.23. The SMILES string of the molecule is CCn1c(SCC(=O)NC[C@@H](c2cccs2)N(C)C)nc2ccccc21. The van der Waals surface area contributed by atoms with Crippen molar-refractivity contribution in [3.63, 3.8) is 0 Å². The van der Waals surface area contributed by atoms with Gasteiger partial charge in [0.2, 0.25) is 5.91 Å². The summed E-state index contributed by atoms with van der Waals surface area (Å²) < 4.78 is 2.15. The number of hydrogen-bond acceptors (Lipinski definition) is 5. The van der Waals surface area contributed by atoms with E-state index in [4.69, 9.17) is 0 Å². The Hall–Kier alpha value is -1.83. The van der Waals surface area contributed by atoms with Gasteiger partial charge in [-0.25, -0.2) is 4.98 Å². The maximum Gasteiger partial charge on any atom is 0.230 e. The summed E-state index contributed by atoms with van der Waals surface area (Å²) in [6, 6.07) is 12.4. The third kappa shape index (κ3) is 4.28. The number of aryl methyl sites for hydroxylation is 1. The molecule has 2 aromatic heterocycles. The molecule has 1 atom stereocenters. The summed E-state index contributed by atoms with van der Waals surface area (Å²) in [5.41, 5.74) is 2.09. The molecule has 3 aromatic rings. The van der Waals surface area contributed by atoms with Gasteiger partial charge in [-0.15, -0.1) is 11.3 Å². The summed E-state index contributed by atoms with van der Waals surface area (Å²) >= 11 is 3.21. The average Bonchev–Trinajstić information content (AvgIpc) is 3.27. The average molecular weight is 389 g/mol. The summed E-state index contributed by atoms with van der Waals surface area (Å²) in [7, 11) is 4.07. The Morgan fingerprint density at radius 2 is 2.12 bits per heavy atom. The molecule has 3 rings (SSSR count). The fourth-order valence-corrected chi connectivity index (χ4v) is 4.71. The predicted molar refractivity (Wildman–Crippen MR) is 110 cm³/mol. The van der Waals surface area contributed by atoms with Crippen LogP contribution in [0.4, 0.5) is 0 Å². The molecule has 0 aliphatic rings. The van der Waals surface area contributed by atoms with E-state index in [1.165, 1.54) is 16.6 Å². The van der Waals surface area contributed by atoms with E-state index in [-0.39, 0.29) is 11.9 Å². The number of carbonyl (C=O) groups excluding carboxylic acids is 1. The number of rotatable bonds is 8. The summed E-state index contributed by atoms with van der Waals surface area (Å²) in [6.07, 6.45) is 0. The lowest BCUT2D eigenvalue weighted by atomic mass is 10.2. The van der Waals surface area contributed by atoms with Crippen LogP contribution >= 0.6 is 23.1 Å². The Morgan fingerprint density at radius 3 is 2.81 bits per heavy atom. The van der Waals surface area contributed by atoms with Crippen LogP contribution in [-0.2, 0) is 11.3 Å². The van der Waals surface area contributed by atoms with Crippen molar-refractivity contribution in [2.24, 2.45) is 0 Å². The Morgan fingerprint density at radius 1 is 1.31 bits per heavy atom. The highest BCUT2D eigenvalue weighted by molar-refractivity contribution is 7.99. The van der Waals surface area contributed by atoms with E-state index < -0.39 is 0 Å². The first-order valence-electron chi connectivity index (χ1n) is 8.64. The molecule has 0 radical (unpaired) electrons. The lowest BCUT2D eigenvalue weighted by molar-refractivity contribution is -0.118. The maximum atomic E-state index is 12.3. The molecule has 2 heterocycles. The first kappa shape index (κ1) is 18.9. The number of benzene rings is 1. The van der Waals surface area contributed by atoms with Gasteiger partial charge in [-0.2, -0.15) is 0 Å². The molecular weight excluding hydrogens is 364 g/mol. The second-order valence-electron chi connectivity index (χ2n) is 6.21. The number of aromatic nitrogens is 2. The third-order valence-corrected chi connectivity index (χ3v) is 6.21. The summed E-state index contributed by atoms with van der Waals surface area (Å²) in [5, 5.41) is 6.02. The molecule has 1 N–H and O–H groups in total. The van der Waals surface area contributed by atoms with Gasteiger partial charge in [0.1, 0.15) is 0 Å². The highest BCUT2D eigenvalue weighted by Gasteiger charge is 2.17. The standard InChI is InChI=1S/C19H24N4OS2/c1-4-23-15-9-6-5-8-14(15)21-19(23)26-13-18(24)20-12-16(22(2)3)17-10-7-11-25-17/h5-11,16H,4,12-13H2,1-3H3,(H,20,24)/t16-/m0/s1. The minimum atomic E-state index is 0.0353.